The van der Waals surface area contributed by atoms with E-state index in [1.165, 1.54) is 0 Å². The summed E-state index contributed by atoms with van der Waals surface area (Å²) < 4.78 is 0. The molecular formula is C13H28N2O2. The van der Waals surface area contributed by atoms with Crippen molar-refractivity contribution in [2.75, 3.05) is 19.7 Å². The first-order valence-electron chi connectivity index (χ1n) is 6.57. The van der Waals surface area contributed by atoms with Crippen LogP contribution in [0.15, 0.2) is 0 Å². The van der Waals surface area contributed by atoms with E-state index >= 15 is 0 Å². The zero-order chi connectivity index (χ0) is 13.3. The molecule has 0 rings (SSSR count). The van der Waals surface area contributed by atoms with Crippen LogP contribution in [0.3, 0.4) is 0 Å². The number of aliphatic hydroxyl groups excluding tert-OH is 1. The van der Waals surface area contributed by atoms with Crippen molar-refractivity contribution in [2.45, 2.75) is 40.0 Å². The van der Waals surface area contributed by atoms with Gasteiger partial charge in [-0.05, 0) is 37.1 Å². The zero-order valence-electron chi connectivity index (χ0n) is 11.4. The van der Waals surface area contributed by atoms with E-state index in [1.54, 1.807) is 0 Å². The molecule has 4 nitrogen and oxygen atoms in total. The third-order valence-corrected chi connectivity index (χ3v) is 2.88. The van der Waals surface area contributed by atoms with Gasteiger partial charge in [-0.1, -0.05) is 20.8 Å². The average Bonchev–Trinajstić information content (AvgIpc) is 2.25. The number of carbonyl (C=O) groups excluding carboxylic acids is 1. The Hall–Kier alpha value is -0.610. The maximum Gasteiger partial charge on any atom is 0.220 e. The molecule has 0 aromatic rings. The van der Waals surface area contributed by atoms with Crippen LogP contribution in [-0.2, 0) is 4.79 Å². The highest BCUT2D eigenvalue weighted by Gasteiger charge is 2.14. The summed E-state index contributed by atoms with van der Waals surface area (Å²) in [5.41, 5.74) is 5.66. The van der Waals surface area contributed by atoms with E-state index in [-0.39, 0.29) is 18.4 Å². The van der Waals surface area contributed by atoms with Crippen LogP contribution >= 0.6 is 0 Å². The number of amides is 1. The lowest BCUT2D eigenvalue weighted by molar-refractivity contribution is -0.122. The number of aliphatic hydroxyl groups is 1. The lowest BCUT2D eigenvalue weighted by atomic mass is 9.94. The van der Waals surface area contributed by atoms with Crippen molar-refractivity contribution in [1.82, 2.24) is 5.32 Å². The number of carbonyl (C=O) groups is 1. The van der Waals surface area contributed by atoms with E-state index in [4.69, 9.17) is 10.8 Å². The highest BCUT2D eigenvalue weighted by molar-refractivity contribution is 5.76. The number of hydrogen-bond acceptors (Lipinski definition) is 3. The Kier molecular flexibility index (Phi) is 9.09. The van der Waals surface area contributed by atoms with Gasteiger partial charge in [0.15, 0.2) is 0 Å². The number of nitrogens with two attached hydrogens (primary N) is 1. The maximum atomic E-state index is 11.7. The minimum absolute atomic E-state index is 0.0749. The first-order valence-corrected chi connectivity index (χ1v) is 6.57. The molecule has 0 aliphatic rings. The number of rotatable bonds is 9. The third kappa shape index (κ3) is 9.12. The normalized spacial score (nSPS) is 14.7. The van der Waals surface area contributed by atoms with Crippen LogP contribution in [0.25, 0.3) is 0 Å². The van der Waals surface area contributed by atoms with E-state index < -0.39 is 0 Å². The summed E-state index contributed by atoms with van der Waals surface area (Å²) in [6, 6.07) is 0. The molecule has 0 aromatic carbocycles. The van der Waals surface area contributed by atoms with Gasteiger partial charge in [0.05, 0.1) is 0 Å². The van der Waals surface area contributed by atoms with Gasteiger partial charge in [0, 0.05) is 19.6 Å². The summed E-state index contributed by atoms with van der Waals surface area (Å²) >= 11 is 0. The second kappa shape index (κ2) is 9.42. The first-order chi connectivity index (χ1) is 7.99. The summed E-state index contributed by atoms with van der Waals surface area (Å²) in [4.78, 5) is 11.7. The zero-order valence-corrected chi connectivity index (χ0v) is 11.4. The van der Waals surface area contributed by atoms with Gasteiger partial charge in [-0.2, -0.15) is 0 Å². The Bertz CT molecular complexity index is 208. The molecule has 1 amide bonds. The molecule has 0 spiro atoms. The SMILES string of the molecule is CC(C)CC(CN)CC(=O)NCC(C)CCO. The van der Waals surface area contributed by atoms with Crippen molar-refractivity contribution >= 4 is 5.91 Å². The van der Waals surface area contributed by atoms with Crippen molar-refractivity contribution in [2.24, 2.45) is 23.5 Å². The van der Waals surface area contributed by atoms with Crippen LogP contribution in [0, 0.1) is 17.8 Å². The van der Waals surface area contributed by atoms with Gasteiger partial charge in [0.1, 0.15) is 0 Å². The summed E-state index contributed by atoms with van der Waals surface area (Å²) in [6.07, 6.45) is 2.24. The quantitative estimate of drug-likeness (QED) is 0.569. The Morgan fingerprint density at radius 1 is 1.35 bits per heavy atom. The van der Waals surface area contributed by atoms with Gasteiger partial charge >= 0.3 is 0 Å². The molecule has 2 unspecified atom stereocenters. The Morgan fingerprint density at radius 2 is 2.00 bits per heavy atom. The molecule has 17 heavy (non-hydrogen) atoms. The molecular weight excluding hydrogens is 216 g/mol. The van der Waals surface area contributed by atoms with E-state index in [0.29, 0.717) is 31.3 Å². The standard InChI is InChI=1S/C13H28N2O2/c1-10(2)6-12(8-14)7-13(17)15-9-11(3)4-5-16/h10-12,16H,4-9,14H2,1-3H3,(H,15,17). The van der Waals surface area contributed by atoms with E-state index in [9.17, 15) is 4.79 Å². The summed E-state index contributed by atoms with van der Waals surface area (Å²) in [5.74, 6) is 1.25. The van der Waals surface area contributed by atoms with Crippen molar-refractivity contribution in [3.63, 3.8) is 0 Å². The first kappa shape index (κ1) is 16.4. The van der Waals surface area contributed by atoms with Crippen molar-refractivity contribution < 1.29 is 9.90 Å². The minimum atomic E-state index is 0.0749. The van der Waals surface area contributed by atoms with Crippen molar-refractivity contribution in [3.8, 4) is 0 Å². The Balaban J connectivity index is 3.82. The van der Waals surface area contributed by atoms with Gasteiger partial charge in [-0.25, -0.2) is 0 Å². The van der Waals surface area contributed by atoms with Gasteiger partial charge in [0.25, 0.3) is 0 Å². The monoisotopic (exact) mass is 244 g/mol. The topological polar surface area (TPSA) is 75.4 Å². The van der Waals surface area contributed by atoms with E-state index in [1.807, 2.05) is 6.92 Å². The Morgan fingerprint density at radius 3 is 2.47 bits per heavy atom. The molecule has 2 atom stereocenters. The molecule has 4 N–H and O–H groups in total. The summed E-state index contributed by atoms with van der Waals surface area (Å²) in [6.45, 7) is 7.69. The fourth-order valence-electron chi connectivity index (χ4n) is 1.87. The van der Waals surface area contributed by atoms with Crippen molar-refractivity contribution in [1.29, 1.82) is 0 Å². The molecule has 0 heterocycles. The fourth-order valence-corrected chi connectivity index (χ4v) is 1.87. The predicted octanol–water partition coefficient (Wildman–Crippen LogP) is 1.13. The molecule has 0 radical (unpaired) electrons. The number of nitrogens with one attached hydrogen (secondary N) is 1. The summed E-state index contributed by atoms with van der Waals surface area (Å²) in [5, 5.41) is 11.7. The second-order valence-electron chi connectivity index (χ2n) is 5.36. The lowest BCUT2D eigenvalue weighted by Crippen LogP contribution is -2.32. The molecule has 4 heteroatoms. The van der Waals surface area contributed by atoms with E-state index in [0.717, 1.165) is 12.8 Å². The molecule has 102 valence electrons. The van der Waals surface area contributed by atoms with Gasteiger partial charge in [-0.3, -0.25) is 4.79 Å². The highest BCUT2D eigenvalue weighted by atomic mass is 16.3. The van der Waals surface area contributed by atoms with Crippen LogP contribution in [0.5, 0.6) is 0 Å². The fraction of sp³-hybridized carbons (Fsp3) is 0.923. The maximum absolute atomic E-state index is 11.7. The lowest BCUT2D eigenvalue weighted by Gasteiger charge is -2.17. The van der Waals surface area contributed by atoms with Crippen LogP contribution in [0.2, 0.25) is 0 Å². The molecule has 0 bridgehead atoms. The minimum Gasteiger partial charge on any atom is -0.396 e. The molecule has 0 saturated carbocycles. The predicted molar refractivity (Wildman–Crippen MR) is 70.5 cm³/mol. The molecule has 0 fully saturated rings. The molecule has 0 aliphatic heterocycles. The van der Waals surface area contributed by atoms with E-state index in [2.05, 4.69) is 19.2 Å². The highest BCUT2D eigenvalue weighted by Crippen LogP contribution is 2.14. The van der Waals surface area contributed by atoms with Crippen LogP contribution in [-0.4, -0.2) is 30.7 Å². The second-order valence-corrected chi connectivity index (χ2v) is 5.36. The largest absolute Gasteiger partial charge is 0.396 e. The van der Waals surface area contributed by atoms with Crippen LogP contribution in [0.4, 0.5) is 0 Å². The molecule has 0 saturated heterocycles. The summed E-state index contributed by atoms with van der Waals surface area (Å²) in [7, 11) is 0. The molecule has 0 aromatic heterocycles. The average molecular weight is 244 g/mol. The van der Waals surface area contributed by atoms with Gasteiger partial charge in [0.2, 0.25) is 5.91 Å². The van der Waals surface area contributed by atoms with Crippen LogP contribution < -0.4 is 11.1 Å². The third-order valence-electron chi connectivity index (χ3n) is 2.88. The van der Waals surface area contributed by atoms with Crippen LogP contribution in [0.1, 0.15) is 40.0 Å². The van der Waals surface area contributed by atoms with Crippen molar-refractivity contribution in [3.05, 3.63) is 0 Å². The smallest absolute Gasteiger partial charge is 0.220 e. The Labute approximate surface area is 105 Å². The molecule has 0 aliphatic carbocycles. The van der Waals surface area contributed by atoms with Gasteiger partial charge in [-0.15, -0.1) is 0 Å². The van der Waals surface area contributed by atoms with Gasteiger partial charge < -0.3 is 16.2 Å². The number of hydrogen-bond donors (Lipinski definition) is 3.